The molecule has 29 heavy (non-hydrogen) atoms. The van der Waals surface area contributed by atoms with Crippen LogP contribution in [0, 0.1) is 6.92 Å². The third-order valence-electron chi connectivity index (χ3n) is 4.20. The van der Waals surface area contributed by atoms with E-state index in [0.717, 1.165) is 11.3 Å². The van der Waals surface area contributed by atoms with E-state index in [1.807, 2.05) is 0 Å². The van der Waals surface area contributed by atoms with Gasteiger partial charge in [-0.2, -0.15) is 0 Å². The van der Waals surface area contributed by atoms with E-state index in [1.165, 1.54) is 24.3 Å². The maximum Gasteiger partial charge on any atom is 0.335 e. The van der Waals surface area contributed by atoms with E-state index in [2.05, 4.69) is 10.2 Å². The molecule has 1 aliphatic heterocycles. The van der Waals surface area contributed by atoms with Crippen LogP contribution in [0.25, 0.3) is 0 Å². The van der Waals surface area contributed by atoms with Gasteiger partial charge in [0.05, 0.1) is 4.90 Å². The van der Waals surface area contributed by atoms with Crippen LogP contribution in [0.2, 0.25) is 0 Å². The van der Waals surface area contributed by atoms with Crippen LogP contribution in [0.5, 0.6) is 0 Å². The second kappa shape index (κ2) is 7.81. The molecular weight excluding hydrogens is 428 g/mol. The fourth-order valence-electron chi connectivity index (χ4n) is 2.74. The number of aliphatic carboxylic acids is 1. The lowest BCUT2D eigenvalue weighted by atomic mass is 9.98. The van der Waals surface area contributed by atoms with E-state index in [0.29, 0.717) is 15.0 Å². The first-order valence-corrected chi connectivity index (χ1v) is 10.4. The third kappa shape index (κ3) is 3.90. The Hall–Kier alpha value is -2.36. The lowest BCUT2D eigenvalue weighted by molar-refractivity contribution is -0.224. The van der Waals surface area contributed by atoms with Gasteiger partial charge in [-0.25, -0.2) is 17.5 Å². The molecule has 1 aliphatic rings. The summed E-state index contributed by atoms with van der Waals surface area (Å²) in [7, 11) is -4.47. The number of ether oxygens (including phenoxy) is 1. The van der Waals surface area contributed by atoms with Gasteiger partial charge < -0.3 is 30.9 Å². The molecule has 1 aromatic carbocycles. The molecule has 3 rings (SSSR count). The van der Waals surface area contributed by atoms with Crippen molar-refractivity contribution in [3.8, 4) is 0 Å². The number of benzene rings is 1. The molecule has 14 heteroatoms. The zero-order valence-electron chi connectivity index (χ0n) is 14.9. The number of nitrogens with zero attached hydrogens (tertiary/aromatic N) is 3. The fourth-order valence-corrected chi connectivity index (χ4v) is 5.16. The quantitative estimate of drug-likeness (QED) is 0.336. The van der Waals surface area contributed by atoms with Crippen LogP contribution >= 0.6 is 11.3 Å². The van der Waals surface area contributed by atoms with Gasteiger partial charge in [-0.3, -0.25) is 0 Å². The molecule has 158 valence electrons. The Morgan fingerprint density at radius 1 is 1.14 bits per heavy atom. The number of sulfonamides is 1. The molecule has 5 atom stereocenters. The van der Waals surface area contributed by atoms with Crippen molar-refractivity contribution in [3.63, 3.8) is 0 Å². The summed E-state index contributed by atoms with van der Waals surface area (Å²) in [4.78, 5) is 11.2. The van der Waals surface area contributed by atoms with E-state index in [1.54, 1.807) is 6.92 Å². The minimum absolute atomic E-state index is 0.226. The Bertz CT molecular complexity index is 996. The first-order valence-electron chi connectivity index (χ1n) is 8.16. The van der Waals surface area contributed by atoms with Crippen molar-refractivity contribution >= 4 is 38.1 Å². The molecule has 2 heterocycles. The highest BCUT2D eigenvalue weighted by Crippen LogP contribution is 2.34. The normalized spacial score (nSPS) is 27.5. The minimum atomic E-state index is -4.47. The van der Waals surface area contributed by atoms with Gasteiger partial charge in [0.15, 0.2) is 12.3 Å². The molecule has 0 radical (unpaired) electrons. The highest BCUT2D eigenvalue weighted by atomic mass is 32.2. The van der Waals surface area contributed by atoms with E-state index in [-0.39, 0.29) is 10.0 Å². The van der Waals surface area contributed by atoms with Gasteiger partial charge in [-0.1, -0.05) is 11.3 Å². The predicted octanol–water partition coefficient (Wildman–Crippen LogP) is -1.48. The maximum absolute atomic E-state index is 13.3. The average Bonchev–Trinajstić information content (AvgIpc) is 3.07. The van der Waals surface area contributed by atoms with E-state index < -0.39 is 46.6 Å². The number of nitrogens with two attached hydrogens (primary N) is 1. The van der Waals surface area contributed by atoms with Crippen LogP contribution in [0.1, 0.15) is 5.01 Å². The zero-order valence-corrected chi connectivity index (χ0v) is 16.5. The standard InChI is InChI=1S/C15H18N4O8S2/c1-6-17-18-15(28-6)19(29(25,26)8-4-2-7(16)3-5-8)13-11(22)9(20)10(21)12(27-13)14(23)24/h2-5,9-13,20-22H,16H2,1H3,(H,23,24). The van der Waals surface area contributed by atoms with E-state index >= 15 is 0 Å². The lowest BCUT2D eigenvalue weighted by Crippen LogP contribution is -2.65. The Balaban J connectivity index is 2.13. The first-order chi connectivity index (χ1) is 13.5. The van der Waals surface area contributed by atoms with Crippen LogP contribution in [-0.4, -0.2) is 75.7 Å². The minimum Gasteiger partial charge on any atom is -0.479 e. The number of rotatable bonds is 5. The summed E-state index contributed by atoms with van der Waals surface area (Å²) < 4.78 is 32.4. The monoisotopic (exact) mass is 446 g/mol. The Morgan fingerprint density at radius 2 is 1.76 bits per heavy atom. The van der Waals surface area contributed by atoms with Gasteiger partial charge in [-0.05, 0) is 31.2 Å². The number of hydrogen-bond acceptors (Lipinski definition) is 11. The van der Waals surface area contributed by atoms with Crippen LogP contribution in [0.3, 0.4) is 0 Å². The van der Waals surface area contributed by atoms with Gasteiger partial charge in [0, 0.05) is 5.69 Å². The number of hydrogen-bond donors (Lipinski definition) is 5. The van der Waals surface area contributed by atoms with Crippen molar-refractivity contribution in [2.24, 2.45) is 0 Å². The smallest absolute Gasteiger partial charge is 0.335 e. The summed E-state index contributed by atoms with van der Waals surface area (Å²) in [5.74, 6) is -1.65. The number of carboxylic acid groups (broad SMARTS) is 1. The molecule has 5 unspecified atom stereocenters. The summed E-state index contributed by atoms with van der Waals surface area (Å²) in [6.07, 6.45) is -9.83. The number of aromatic nitrogens is 2. The van der Waals surface area contributed by atoms with Gasteiger partial charge in [0.25, 0.3) is 10.0 Å². The summed E-state index contributed by atoms with van der Waals surface area (Å²) in [6.45, 7) is 1.56. The third-order valence-corrected chi connectivity index (χ3v) is 6.92. The lowest BCUT2D eigenvalue weighted by Gasteiger charge is -2.42. The van der Waals surface area contributed by atoms with Crippen molar-refractivity contribution in [2.75, 3.05) is 10.0 Å². The number of aliphatic hydroxyl groups is 3. The van der Waals surface area contributed by atoms with Gasteiger partial charge >= 0.3 is 5.97 Å². The Labute approximate surface area is 168 Å². The highest BCUT2D eigenvalue weighted by molar-refractivity contribution is 7.93. The number of anilines is 2. The van der Waals surface area contributed by atoms with Crippen LogP contribution in [-0.2, 0) is 19.6 Å². The molecule has 0 bridgehead atoms. The highest BCUT2D eigenvalue weighted by Gasteiger charge is 2.52. The van der Waals surface area contributed by atoms with Crippen molar-refractivity contribution in [1.82, 2.24) is 10.2 Å². The number of aryl methyl sites for hydroxylation is 1. The summed E-state index contributed by atoms with van der Waals surface area (Å²) in [6, 6.07) is 5.10. The second-order valence-electron chi connectivity index (χ2n) is 6.23. The summed E-state index contributed by atoms with van der Waals surface area (Å²) in [5.41, 5.74) is 5.90. The van der Waals surface area contributed by atoms with Crippen molar-refractivity contribution in [1.29, 1.82) is 0 Å². The number of nitrogen functional groups attached to an aromatic ring is 1. The molecular formula is C15H18N4O8S2. The fraction of sp³-hybridized carbons (Fsp3) is 0.400. The molecule has 12 nitrogen and oxygen atoms in total. The molecule has 0 amide bonds. The molecule has 1 fully saturated rings. The van der Waals surface area contributed by atoms with Gasteiger partial charge in [0.1, 0.15) is 23.3 Å². The van der Waals surface area contributed by atoms with Crippen molar-refractivity contribution in [2.45, 2.75) is 42.5 Å². The van der Waals surface area contributed by atoms with Crippen molar-refractivity contribution in [3.05, 3.63) is 29.3 Å². The predicted molar refractivity (Wildman–Crippen MR) is 99.5 cm³/mol. The second-order valence-corrected chi connectivity index (χ2v) is 9.21. The number of aliphatic hydroxyl groups excluding tert-OH is 3. The van der Waals surface area contributed by atoms with Gasteiger partial charge in [0.2, 0.25) is 5.13 Å². The maximum atomic E-state index is 13.3. The zero-order chi connectivity index (χ0) is 21.5. The summed E-state index contributed by atoms with van der Waals surface area (Å²) in [5, 5.41) is 47.3. The first kappa shape index (κ1) is 21.4. The number of carboxylic acids is 1. The molecule has 0 spiro atoms. The molecule has 0 aliphatic carbocycles. The molecule has 2 aromatic rings. The van der Waals surface area contributed by atoms with E-state index in [9.17, 15) is 33.6 Å². The van der Waals surface area contributed by atoms with Gasteiger partial charge in [-0.15, -0.1) is 10.2 Å². The molecule has 1 saturated heterocycles. The van der Waals surface area contributed by atoms with Crippen LogP contribution in [0.4, 0.5) is 10.8 Å². The van der Waals surface area contributed by atoms with E-state index in [4.69, 9.17) is 10.5 Å². The summed E-state index contributed by atoms with van der Waals surface area (Å²) >= 11 is 0.845. The van der Waals surface area contributed by atoms with Crippen molar-refractivity contribution < 1.29 is 38.4 Å². The Kier molecular flexibility index (Phi) is 5.75. The largest absolute Gasteiger partial charge is 0.479 e. The topological polar surface area (TPSA) is 196 Å². The van der Waals surface area contributed by atoms with Crippen LogP contribution < -0.4 is 10.0 Å². The average molecular weight is 446 g/mol. The SMILES string of the molecule is Cc1nnc(N(C2OC(C(=O)O)C(O)C(O)C2O)S(=O)(=O)c2ccc(N)cc2)s1. The van der Waals surface area contributed by atoms with Crippen LogP contribution in [0.15, 0.2) is 29.2 Å². The molecule has 1 aromatic heterocycles. The molecule has 0 saturated carbocycles. The Morgan fingerprint density at radius 3 is 2.28 bits per heavy atom. The molecule has 6 N–H and O–H groups in total. The number of carbonyl (C=O) groups is 1.